The number of aryl methyl sites for hydroxylation is 1. The second-order valence-electron chi connectivity index (χ2n) is 3.63. The molecule has 0 aliphatic heterocycles. The summed E-state index contributed by atoms with van der Waals surface area (Å²) < 4.78 is 1.60. The number of carbonyl (C=O) groups excluding carboxylic acids is 1. The maximum absolute atomic E-state index is 10.8. The zero-order valence-corrected chi connectivity index (χ0v) is 10.4. The van der Waals surface area contributed by atoms with Crippen molar-refractivity contribution in [1.82, 2.24) is 5.10 Å². The lowest BCUT2D eigenvalue weighted by atomic mass is 10.2. The highest BCUT2D eigenvalue weighted by molar-refractivity contribution is 5.92. The van der Waals surface area contributed by atoms with E-state index in [0.717, 1.165) is 0 Å². The minimum absolute atomic E-state index is 0. The molecule has 0 aliphatic rings. The fourth-order valence-corrected chi connectivity index (χ4v) is 1.26. The van der Waals surface area contributed by atoms with Gasteiger partial charge in [0.1, 0.15) is 12.2 Å². The predicted octanol–water partition coefficient (Wildman–Crippen LogP) is -4.34. The lowest BCUT2D eigenvalue weighted by Crippen LogP contribution is -3.00. The van der Waals surface area contributed by atoms with Crippen LogP contribution in [-0.2, 0) is 11.3 Å². The van der Waals surface area contributed by atoms with Gasteiger partial charge >= 0.3 is 5.97 Å². The molecule has 0 bridgehead atoms. The largest absolute Gasteiger partial charge is 1.00 e. The Hall–Kier alpha value is -1.73. The zero-order chi connectivity index (χ0) is 12.8. The molecule has 8 heteroatoms. The Kier molecular flexibility index (Phi) is 6.84. The number of carbonyl (C=O) groups is 2. The molecule has 0 saturated heterocycles. The number of halogens is 1. The maximum Gasteiger partial charge on any atom is 0.320 e. The van der Waals surface area contributed by atoms with Gasteiger partial charge in [0, 0.05) is 12.5 Å². The van der Waals surface area contributed by atoms with E-state index in [0.29, 0.717) is 24.9 Å². The lowest BCUT2D eigenvalue weighted by molar-refractivity contribution is -0.754. The first kappa shape index (κ1) is 16.3. The second-order valence-corrected chi connectivity index (χ2v) is 3.63. The van der Waals surface area contributed by atoms with Crippen LogP contribution in [0.1, 0.15) is 23.2 Å². The Morgan fingerprint density at radius 2 is 2.17 bits per heavy atom. The number of amides is 1. The monoisotopic (exact) mass is 274 g/mol. The molecule has 1 aromatic rings. The molecule has 1 rings (SSSR count). The summed E-state index contributed by atoms with van der Waals surface area (Å²) in [6.45, 7) is 0.542. The number of carboxylic acids is 1. The van der Waals surface area contributed by atoms with Crippen LogP contribution in [0.5, 0.6) is 0 Å². The number of aromatic nitrogens is 2. The van der Waals surface area contributed by atoms with Gasteiger partial charge in [-0.2, -0.15) is 0 Å². The first-order chi connectivity index (χ1) is 8.00. The number of nitrogens with two attached hydrogens (primary N) is 2. The molecule has 0 unspecified atom stereocenters. The summed E-state index contributed by atoms with van der Waals surface area (Å²) in [7, 11) is 0. The summed E-state index contributed by atoms with van der Waals surface area (Å²) in [5, 5.41) is 12.5. The lowest BCUT2D eigenvalue weighted by Gasteiger charge is -2.02. The number of aliphatic carboxylic acids is 1. The van der Waals surface area contributed by atoms with Crippen molar-refractivity contribution < 1.29 is 31.8 Å². The van der Waals surface area contributed by atoms with Crippen LogP contribution in [0.15, 0.2) is 18.5 Å². The molecule has 100 valence electrons. The smallest absolute Gasteiger partial charge is 0.320 e. The third-order valence-electron chi connectivity index (χ3n) is 2.28. The highest BCUT2D eigenvalue weighted by Gasteiger charge is 2.12. The van der Waals surface area contributed by atoms with Crippen LogP contribution >= 0.6 is 0 Å². The SMILES string of the molecule is NC(=O)c1cc[n+](CCC[C@H](N)C(=O)O)nc1.[Cl-]. The molecule has 0 aromatic carbocycles. The van der Waals surface area contributed by atoms with Gasteiger partial charge in [-0.1, -0.05) is 4.68 Å². The Bertz CT molecular complexity index is 410. The van der Waals surface area contributed by atoms with Crippen molar-refractivity contribution in [1.29, 1.82) is 0 Å². The summed E-state index contributed by atoms with van der Waals surface area (Å²) in [5.74, 6) is -1.54. The van der Waals surface area contributed by atoms with E-state index in [2.05, 4.69) is 5.10 Å². The van der Waals surface area contributed by atoms with Crippen molar-refractivity contribution in [3.05, 3.63) is 24.0 Å². The van der Waals surface area contributed by atoms with E-state index in [1.54, 1.807) is 16.9 Å². The second kappa shape index (κ2) is 7.57. The van der Waals surface area contributed by atoms with Gasteiger partial charge in [0.25, 0.3) is 5.91 Å². The molecule has 1 atom stereocenters. The van der Waals surface area contributed by atoms with Crippen LogP contribution in [0, 0.1) is 0 Å². The fraction of sp³-hybridized carbons (Fsp3) is 0.400. The van der Waals surface area contributed by atoms with Crippen LogP contribution in [-0.4, -0.2) is 28.1 Å². The molecule has 1 amide bonds. The molecule has 0 fully saturated rings. The molecular formula is C10H15ClN4O3. The molecule has 0 saturated carbocycles. The molecule has 1 heterocycles. The average Bonchev–Trinajstić information content (AvgIpc) is 2.29. The van der Waals surface area contributed by atoms with Gasteiger partial charge in [-0.25, -0.2) is 0 Å². The van der Waals surface area contributed by atoms with Crippen molar-refractivity contribution in [3.63, 3.8) is 0 Å². The van der Waals surface area contributed by atoms with Crippen molar-refractivity contribution in [2.24, 2.45) is 11.5 Å². The average molecular weight is 275 g/mol. The quantitative estimate of drug-likeness (QED) is 0.453. The van der Waals surface area contributed by atoms with E-state index in [-0.39, 0.29) is 12.4 Å². The van der Waals surface area contributed by atoms with Crippen molar-refractivity contribution in [3.8, 4) is 0 Å². The highest BCUT2D eigenvalue weighted by atomic mass is 35.5. The highest BCUT2D eigenvalue weighted by Crippen LogP contribution is 1.95. The molecule has 5 N–H and O–H groups in total. The van der Waals surface area contributed by atoms with Gasteiger partial charge in [-0.3, -0.25) is 9.59 Å². The normalized spacial score (nSPS) is 11.4. The number of hydrogen-bond donors (Lipinski definition) is 3. The molecule has 1 aromatic heterocycles. The van der Waals surface area contributed by atoms with E-state index in [1.165, 1.54) is 6.20 Å². The zero-order valence-electron chi connectivity index (χ0n) is 9.62. The van der Waals surface area contributed by atoms with Gasteiger partial charge < -0.3 is 29.0 Å². The Labute approximate surface area is 110 Å². The third kappa shape index (κ3) is 5.07. The summed E-state index contributed by atoms with van der Waals surface area (Å²) in [6, 6.07) is 0.715. The van der Waals surface area contributed by atoms with Gasteiger partial charge in [0.15, 0.2) is 12.7 Å². The summed E-state index contributed by atoms with van der Waals surface area (Å²) in [4.78, 5) is 21.2. The van der Waals surface area contributed by atoms with Gasteiger partial charge in [-0.05, 0) is 11.5 Å². The van der Waals surface area contributed by atoms with E-state index in [1.807, 2.05) is 0 Å². The standard InChI is InChI=1S/C10H14N4O3.ClH/c11-8(10(16)17)2-1-4-14-5-3-7(6-13-14)9(12)15;/h3,5-6,8H,1-2,4,11H2,(H2-,12,15,16,17);1H/t8-;/m0./s1. The van der Waals surface area contributed by atoms with E-state index in [4.69, 9.17) is 16.6 Å². The van der Waals surface area contributed by atoms with Gasteiger partial charge in [-0.15, -0.1) is 0 Å². The summed E-state index contributed by atoms with van der Waals surface area (Å²) in [5.41, 5.74) is 10.8. The van der Waals surface area contributed by atoms with Gasteiger partial charge in [0.2, 0.25) is 0 Å². The molecular weight excluding hydrogens is 260 g/mol. The van der Waals surface area contributed by atoms with Crippen molar-refractivity contribution >= 4 is 11.9 Å². The van der Waals surface area contributed by atoms with Crippen molar-refractivity contribution in [2.45, 2.75) is 25.4 Å². The van der Waals surface area contributed by atoms with Crippen LogP contribution in [0.2, 0.25) is 0 Å². The first-order valence-electron chi connectivity index (χ1n) is 5.14. The Balaban J connectivity index is 0.00000289. The number of rotatable bonds is 6. The summed E-state index contributed by atoms with van der Waals surface area (Å²) in [6.07, 6.45) is 3.97. The first-order valence-corrected chi connectivity index (χ1v) is 5.14. The third-order valence-corrected chi connectivity index (χ3v) is 2.28. The van der Waals surface area contributed by atoms with E-state index >= 15 is 0 Å². The Morgan fingerprint density at radius 1 is 1.50 bits per heavy atom. The Morgan fingerprint density at radius 3 is 2.61 bits per heavy atom. The number of carboxylic acid groups (broad SMARTS) is 1. The fourth-order valence-electron chi connectivity index (χ4n) is 1.26. The van der Waals surface area contributed by atoms with Crippen LogP contribution < -0.4 is 28.6 Å². The minimum atomic E-state index is -1.01. The van der Waals surface area contributed by atoms with Crippen LogP contribution in [0.4, 0.5) is 0 Å². The molecule has 0 spiro atoms. The maximum atomic E-state index is 10.8. The topological polar surface area (TPSA) is 123 Å². The number of primary amides is 1. The molecule has 0 radical (unpaired) electrons. The number of hydrogen-bond acceptors (Lipinski definition) is 4. The molecule has 7 nitrogen and oxygen atoms in total. The van der Waals surface area contributed by atoms with E-state index in [9.17, 15) is 9.59 Å². The number of nitrogens with zero attached hydrogens (tertiary/aromatic N) is 2. The molecule has 0 aliphatic carbocycles. The minimum Gasteiger partial charge on any atom is -1.00 e. The molecule has 18 heavy (non-hydrogen) atoms. The van der Waals surface area contributed by atoms with Crippen LogP contribution in [0.25, 0.3) is 0 Å². The predicted molar refractivity (Wildman–Crippen MR) is 57.8 cm³/mol. The van der Waals surface area contributed by atoms with Gasteiger partial charge in [0.05, 0.1) is 5.56 Å². The van der Waals surface area contributed by atoms with Crippen LogP contribution in [0.3, 0.4) is 0 Å². The van der Waals surface area contributed by atoms with Crippen molar-refractivity contribution in [2.75, 3.05) is 0 Å². The van der Waals surface area contributed by atoms with E-state index < -0.39 is 17.9 Å². The summed E-state index contributed by atoms with van der Waals surface area (Å²) >= 11 is 0.